The molecule has 0 spiro atoms. The number of hydrogen-bond acceptors (Lipinski definition) is 6. The van der Waals surface area contributed by atoms with E-state index in [0.717, 1.165) is 43.5 Å². The molecule has 0 atom stereocenters. The molecule has 2 aromatic heterocycles. The van der Waals surface area contributed by atoms with E-state index in [2.05, 4.69) is 10.3 Å². The molecule has 2 amide bonds. The van der Waals surface area contributed by atoms with Crippen molar-refractivity contribution in [3.8, 4) is 10.4 Å². The lowest BCUT2D eigenvalue weighted by molar-refractivity contribution is -0.115. The van der Waals surface area contributed by atoms with Gasteiger partial charge in [-0.3, -0.25) is 19.9 Å². The summed E-state index contributed by atoms with van der Waals surface area (Å²) in [6, 6.07) is 11.5. The van der Waals surface area contributed by atoms with Crippen molar-refractivity contribution in [2.45, 2.75) is 6.61 Å². The Morgan fingerprint density at radius 3 is 2.76 bits per heavy atom. The summed E-state index contributed by atoms with van der Waals surface area (Å²) < 4.78 is 0. The van der Waals surface area contributed by atoms with Crippen LogP contribution in [-0.2, 0) is 11.4 Å². The van der Waals surface area contributed by atoms with Crippen LogP contribution >= 0.6 is 23.1 Å². The van der Waals surface area contributed by atoms with Crippen molar-refractivity contribution in [1.29, 1.82) is 0 Å². The summed E-state index contributed by atoms with van der Waals surface area (Å²) in [7, 11) is 0. The number of benzene rings is 1. The Kier molecular flexibility index (Phi) is 4.12. The minimum atomic E-state index is -0.368. The molecule has 1 fully saturated rings. The van der Waals surface area contributed by atoms with E-state index in [0.29, 0.717) is 4.91 Å². The molecule has 0 radical (unpaired) electrons. The average Bonchev–Trinajstić information content (AvgIpc) is 3.21. The van der Waals surface area contributed by atoms with Gasteiger partial charge in [-0.2, -0.15) is 0 Å². The largest absolute Gasteiger partial charge is 0.391 e. The monoisotopic (exact) mass is 368 g/mol. The highest BCUT2D eigenvalue weighted by molar-refractivity contribution is 8.18. The van der Waals surface area contributed by atoms with Gasteiger partial charge in [-0.15, -0.1) is 11.3 Å². The number of thiophene rings is 1. The third-order valence-electron chi connectivity index (χ3n) is 3.79. The van der Waals surface area contributed by atoms with Gasteiger partial charge >= 0.3 is 0 Å². The number of amides is 2. The van der Waals surface area contributed by atoms with Gasteiger partial charge in [0, 0.05) is 26.9 Å². The predicted molar refractivity (Wildman–Crippen MR) is 100 cm³/mol. The van der Waals surface area contributed by atoms with Crippen molar-refractivity contribution < 1.29 is 14.7 Å². The highest BCUT2D eigenvalue weighted by atomic mass is 32.2. The molecule has 4 rings (SSSR count). The highest BCUT2D eigenvalue weighted by Crippen LogP contribution is 2.34. The SMILES string of the molecule is O=C1NC(=O)C(=Cc2ccc3nccc(-c4ccc(CO)s4)c3c2)S1. The Bertz CT molecular complexity index is 1040. The van der Waals surface area contributed by atoms with Gasteiger partial charge in [0.2, 0.25) is 0 Å². The van der Waals surface area contributed by atoms with Crippen LogP contribution in [0.5, 0.6) is 0 Å². The van der Waals surface area contributed by atoms with Gasteiger partial charge in [-0.05, 0) is 53.7 Å². The van der Waals surface area contributed by atoms with Crippen molar-refractivity contribution in [3.05, 3.63) is 57.9 Å². The highest BCUT2D eigenvalue weighted by Gasteiger charge is 2.24. The van der Waals surface area contributed by atoms with Crippen LogP contribution < -0.4 is 5.32 Å². The Labute approximate surface area is 151 Å². The first-order chi connectivity index (χ1) is 12.1. The third kappa shape index (κ3) is 3.09. The molecule has 0 aliphatic carbocycles. The first-order valence-electron chi connectivity index (χ1n) is 7.47. The van der Waals surface area contributed by atoms with Gasteiger partial charge in [-0.25, -0.2) is 0 Å². The fraction of sp³-hybridized carbons (Fsp3) is 0.0556. The van der Waals surface area contributed by atoms with E-state index in [1.807, 2.05) is 36.4 Å². The molecule has 3 heterocycles. The maximum absolute atomic E-state index is 11.7. The lowest BCUT2D eigenvalue weighted by Crippen LogP contribution is -2.17. The number of aromatic nitrogens is 1. The third-order valence-corrected chi connectivity index (χ3v) is 5.70. The van der Waals surface area contributed by atoms with Crippen LogP contribution in [0.15, 0.2) is 47.5 Å². The number of fused-ring (bicyclic) bond motifs is 1. The predicted octanol–water partition coefficient (Wildman–Crippen LogP) is 3.78. The van der Waals surface area contributed by atoms with Crippen LogP contribution in [0, 0.1) is 0 Å². The summed E-state index contributed by atoms with van der Waals surface area (Å²) in [5.74, 6) is -0.368. The molecular formula is C18H12N2O3S2. The summed E-state index contributed by atoms with van der Waals surface area (Å²) in [4.78, 5) is 29.7. The minimum absolute atomic E-state index is 0.0192. The van der Waals surface area contributed by atoms with Gasteiger partial charge in [0.1, 0.15) is 0 Å². The number of rotatable bonds is 3. The molecule has 0 saturated carbocycles. The summed E-state index contributed by atoms with van der Waals surface area (Å²) in [5.41, 5.74) is 2.70. The number of carbonyl (C=O) groups is 2. The van der Waals surface area contributed by atoms with Crippen LogP contribution in [0.3, 0.4) is 0 Å². The molecule has 0 bridgehead atoms. The van der Waals surface area contributed by atoms with Crippen LogP contribution in [-0.4, -0.2) is 21.2 Å². The molecule has 1 aliphatic heterocycles. The number of aliphatic hydroxyl groups is 1. The molecule has 0 unspecified atom stereocenters. The summed E-state index contributed by atoms with van der Waals surface area (Å²) >= 11 is 2.44. The maximum Gasteiger partial charge on any atom is 0.290 e. The Morgan fingerprint density at radius 1 is 1.16 bits per heavy atom. The van der Waals surface area contributed by atoms with E-state index in [-0.39, 0.29) is 17.8 Å². The van der Waals surface area contributed by atoms with Crippen molar-refractivity contribution in [3.63, 3.8) is 0 Å². The number of aliphatic hydroxyl groups excluding tert-OH is 1. The molecule has 25 heavy (non-hydrogen) atoms. The Hall–Kier alpha value is -2.48. The molecule has 5 nitrogen and oxygen atoms in total. The van der Waals surface area contributed by atoms with E-state index in [9.17, 15) is 14.7 Å². The summed E-state index contributed by atoms with van der Waals surface area (Å²) in [6.45, 7) is 0.0192. The van der Waals surface area contributed by atoms with E-state index in [1.54, 1.807) is 12.3 Å². The second-order valence-corrected chi connectivity index (χ2v) is 7.59. The standard InChI is InChI=1S/C18H12N2O3S2/c21-9-11-2-4-15(24-11)12-5-6-19-14-3-1-10(7-13(12)14)8-16-17(22)20-18(23)25-16/h1-8,21H,9H2,(H,20,22,23). The molecular weight excluding hydrogens is 356 g/mol. The average molecular weight is 368 g/mol. The van der Waals surface area contributed by atoms with E-state index in [1.165, 1.54) is 11.3 Å². The van der Waals surface area contributed by atoms with Crippen LogP contribution in [0.4, 0.5) is 4.79 Å². The smallest absolute Gasteiger partial charge is 0.290 e. The van der Waals surface area contributed by atoms with Gasteiger partial charge in [-0.1, -0.05) is 6.07 Å². The van der Waals surface area contributed by atoms with Crippen LogP contribution in [0.25, 0.3) is 27.4 Å². The Balaban J connectivity index is 1.82. The zero-order chi connectivity index (χ0) is 17.4. The quantitative estimate of drug-likeness (QED) is 0.688. The van der Waals surface area contributed by atoms with Crippen LogP contribution in [0.1, 0.15) is 10.4 Å². The maximum atomic E-state index is 11.7. The number of imide groups is 1. The molecule has 124 valence electrons. The first-order valence-corrected chi connectivity index (χ1v) is 9.11. The number of nitrogens with one attached hydrogen (secondary N) is 1. The molecule has 7 heteroatoms. The number of pyridine rings is 1. The number of thioether (sulfide) groups is 1. The van der Waals surface area contributed by atoms with Gasteiger partial charge in [0.15, 0.2) is 0 Å². The fourth-order valence-corrected chi connectivity index (χ4v) is 4.24. The Morgan fingerprint density at radius 2 is 2.04 bits per heavy atom. The summed E-state index contributed by atoms with van der Waals surface area (Å²) in [5, 5.41) is 12.1. The second-order valence-electron chi connectivity index (χ2n) is 5.41. The second kappa shape index (κ2) is 6.44. The van der Waals surface area contributed by atoms with Gasteiger partial charge in [0.25, 0.3) is 11.1 Å². The van der Waals surface area contributed by atoms with Gasteiger partial charge < -0.3 is 5.11 Å². The van der Waals surface area contributed by atoms with Crippen molar-refractivity contribution in [2.24, 2.45) is 0 Å². The number of carbonyl (C=O) groups excluding carboxylic acids is 2. The van der Waals surface area contributed by atoms with E-state index >= 15 is 0 Å². The lowest BCUT2D eigenvalue weighted by atomic mass is 10.0. The van der Waals surface area contributed by atoms with Crippen molar-refractivity contribution >= 4 is 51.2 Å². The van der Waals surface area contributed by atoms with E-state index in [4.69, 9.17) is 0 Å². The molecule has 1 saturated heterocycles. The first kappa shape index (κ1) is 16.0. The topological polar surface area (TPSA) is 79.3 Å². The van der Waals surface area contributed by atoms with Crippen molar-refractivity contribution in [2.75, 3.05) is 0 Å². The van der Waals surface area contributed by atoms with Crippen LogP contribution in [0.2, 0.25) is 0 Å². The fourth-order valence-electron chi connectivity index (χ4n) is 2.65. The van der Waals surface area contributed by atoms with Gasteiger partial charge in [0.05, 0.1) is 17.0 Å². The minimum Gasteiger partial charge on any atom is -0.391 e. The zero-order valence-electron chi connectivity index (χ0n) is 12.9. The molecule has 1 aliphatic rings. The number of hydrogen-bond donors (Lipinski definition) is 2. The lowest BCUT2D eigenvalue weighted by Gasteiger charge is -2.05. The molecule has 3 aromatic rings. The van der Waals surface area contributed by atoms with E-state index < -0.39 is 0 Å². The van der Waals surface area contributed by atoms with Crippen molar-refractivity contribution in [1.82, 2.24) is 10.3 Å². The molecule has 1 aromatic carbocycles. The normalized spacial score (nSPS) is 16.0. The zero-order valence-corrected chi connectivity index (χ0v) is 14.5. The summed E-state index contributed by atoms with van der Waals surface area (Å²) in [6.07, 6.45) is 3.46. The molecule has 2 N–H and O–H groups in total. The number of nitrogens with zero attached hydrogens (tertiary/aromatic N) is 1.